The first-order valence-electron chi connectivity index (χ1n) is 12.3. The predicted molar refractivity (Wildman–Crippen MR) is 143 cm³/mol. The highest BCUT2D eigenvalue weighted by atomic mass is 35.5. The van der Waals surface area contributed by atoms with E-state index in [1.807, 2.05) is 0 Å². The number of aromatic nitrogens is 1. The number of amides is 2. The number of fused-ring (bicyclic) bond motifs is 1. The lowest BCUT2D eigenvalue weighted by molar-refractivity contribution is -0.189. The van der Waals surface area contributed by atoms with Crippen LogP contribution in [-0.4, -0.2) is 46.3 Å². The quantitative estimate of drug-likeness (QED) is 0.298. The molecule has 14 heteroatoms. The topological polar surface area (TPSA) is 80.8 Å². The summed E-state index contributed by atoms with van der Waals surface area (Å²) in [5, 5.41) is 2.12. The number of ether oxygens (including phenoxy) is 2. The number of hydrogen-bond donors (Lipinski definition) is 1. The fourth-order valence-corrected chi connectivity index (χ4v) is 5.13. The van der Waals surface area contributed by atoms with Gasteiger partial charge < -0.3 is 19.7 Å². The van der Waals surface area contributed by atoms with Crippen molar-refractivity contribution in [2.45, 2.75) is 58.5 Å². The van der Waals surface area contributed by atoms with Crippen LogP contribution in [0.1, 0.15) is 48.6 Å². The molecule has 2 heterocycles. The van der Waals surface area contributed by atoms with E-state index < -0.39 is 58.5 Å². The molecule has 0 spiro atoms. The molecule has 1 atom stereocenters. The molecule has 0 saturated carbocycles. The Labute approximate surface area is 241 Å². The molecule has 2 aromatic carbocycles. The van der Waals surface area contributed by atoms with Gasteiger partial charge in [0.2, 0.25) is 0 Å². The zero-order valence-corrected chi connectivity index (χ0v) is 23.9. The van der Waals surface area contributed by atoms with Gasteiger partial charge in [0.1, 0.15) is 28.0 Å². The third-order valence-electron chi connectivity index (χ3n) is 5.89. The highest BCUT2D eigenvalue weighted by Crippen LogP contribution is 2.38. The third-order valence-corrected chi connectivity index (χ3v) is 7.40. The normalized spacial score (nSPS) is 14.3. The van der Waals surface area contributed by atoms with Crippen LogP contribution < -0.4 is 10.1 Å². The Bertz CT molecular complexity index is 1470. The van der Waals surface area contributed by atoms with Crippen LogP contribution in [0.2, 0.25) is 5.02 Å². The predicted octanol–water partition coefficient (Wildman–Crippen LogP) is 7.62. The Morgan fingerprint density at radius 1 is 1.15 bits per heavy atom. The summed E-state index contributed by atoms with van der Waals surface area (Å²) in [5.41, 5.74) is -1.47. The maximum absolute atomic E-state index is 15.4. The number of thiazole rings is 1. The SMILES string of the molecule is CC(Oc1cc(-c2nc3c(s2)CCN(C(=O)OC(C)(C)C)C3)c(F)cc1C(=O)Nc1c(F)cccc1Cl)C(F)(F)F. The van der Waals surface area contributed by atoms with Gasteiger partial charge in [-0.2, -0.15) is 13.2 Å². The second-order valence-electron chi connectivity index (χ2n) is 10.2. The Hall–Kier alpha value is -3.45. The van der Waals surface area contributed by atoms with Gasteiger partial charge in [0.15, 0.2) is 6.10 Å². The minimum atomic E-state index is -4.80. The maximum Gasteiger partial charge on any atom is 0.425 e. The van der Waals surface area contributed by atoms with E-state index in [1.54, 1.807) is 20.8 Å². The van der Waals surface area contributed by atoms with Crippen molar-refractivity contribution in [3.8, 4) is 16.3 Å². The molecule has 7 nitrogen and oxygen atoms in total. The summed E-state index contributed by atoms with van der Waals surface area (Å²) >= 11 is 7.05. The van der Waals surface area contributed by atoms with Gasteiger partial charge in [0.25, 0.3) is 5.91 Å². The number of rotatable bonds is 5. The van der Waals surface area contributed by atoms with Crippen LogP contribution in [0.25, 0.3) is 10.6 Å². The minimum absolute atomic E-state index is 0.0979. The largest absolute Gasteiger partial charge is 0.480 e. The van der Waals surface area contributed by atoms with Gasteiger partial charge in [-0.15, -0.1) is 11.3 Å². The van der Waals surface area contributed by atoms with Crippen molar-refractivity contribution < 1.29 is 41.0 Å². The number of para-hydroxylation sites is 1. The summed E-state index contributed by atoms with van der Waals surface area (Å²) in [6, 6.07) is 5.25. The molecule has 1 N–H and O–H groups in total. The fourth-order valence-electron chi connectivity index (χ4n) is 3.84. The van der Waals surface area contributed by atoms with Gasteiger partial charge in [-0.05, 0) is 52.0 Å². The lowest BCUT2D eigenvalue weighted by atomic mass is 10.1. The number of anilines is 1. The molecule has 2 amide bonds. The number of nitrogens with zero attached hydrogens (tertiary/aromatic N) is 2. The number of carbonyl (C=O) groups is 2. The van der Waals surface area contributed by atoms with E-state index in [9.17, 15) is 27.2 Å². The van der Waals surface area contributed by atoms with Crippen LogP contribution in [0.15, 0.2) is 30.3 Å². The molecule has 41 heavy (non-hydrogen) atoms. The molecule has 0 saturated heterocycles. The number of carbonyl (C=O) groups excluding carboxylic acids is 2. The molecule has 0 fully saturated rings. The lowest BCUT2D eigenvalue weighted by Crippen LogP contribution is -2.39. The van der Waals surface area contributed by atoms with Crippen molar-refractivity contribution in [3.63, 3.8) is 0 Å². The second-order valence-corrected chi connectivity index (χ2v) is 11.7. The first-order chi connectivity index (χ1) is 19.0. The molecule has 1 unspecified atom stereocenters. The summed E-state index contributed by atoms with van der Waals surface area (Å²) in [7, 11) is 0. The summed E-state index contributed by atoms with van der Waals surface area (Å²) in [5.74, 6) is -3.61. The average Bonchev–Trinajstić information content (AvgIpc) is 3.28. The Morgan fingerprint density at radius 2 is 1.85 bits per heavy atom. The summed E-state index contributed by atoms with van der Waals surface area (Å²) in [6.07, 6.45) is -7.29. The van der Waals surface area contributed by atoms with Crippen molar-refractivity contribution in [3.05, 3.63) is 63.1 Å². The number of alkyl halides is 3. The van der Waals surface area contributed by atoms with Gasteiger partial charge >= 0.3 is 12.3 Å². The maximum atomic E-state index is 15.4. The number of halogens is 6. The van der Waals surface area contributed by atoms with Crippen LogP contribution in [0.5, 0.6) is 5.75 Å². The number of nitrogens with one attached hydrogen (secondary N) is 1. The van der Waals surface area contributed by atoms with Crippen molar-refractivity contribution >= 4 is 40.6 Å². The van der Waals surface area contributed by atoms with Crippen LogP contribution in [0, 0.1) is 11.6 Å². The average molecular weight is 618 g/mol. The Morgan fingerprint density at radius 3 is 2.49 bits per heavy atom. The zero-order valence-electron chi connectivity index (χ0n) is 22.3. The molecule has 0 bridgehead atoms. The standard InChI is InChI=1S/C27H25ClF5N3O4S/c1-13(27(31,32)33)39-20-11-14(18(30)10-15(20)23(37)35-22-16(28)6-5-7-17(22)29)24-34-19-12-36(9-8-21(19)41-24)25(38)40-26(2,3)4/h5-7,10-11,13H,8-9,12H2,1-4H3,(H,35,37). The number of benzene rings is 2. The molecular formula is C27H25ClF5N3O4S. The molecule has 1 aromatic heterocycles. The van der Waals surface area contributed by atoms with Crippen LogP contribution in [0.4, 0.5) is 32.4 Å². The van der Waals surface area contributed by atoms with Gasteiger partial charge in [-0.25, -0.2) is 18.6 Å². The molecular weight excluding hydrogens is 593 g/mol. The van der Waals surface area contributed by atoms with Crippen molar-refractivity contribution in [2.75, 3.05) is 11.9 Å². The molecule has 0 radical (unpaired) electrons. The third kappa shape index (κ3) is 7.07. The highest BCUT2D eigenvalue weighted by molar-refractivity contribution is 7.15. The van der Waals surface area contributed by atoms with Crippen LogP contribution in [0.3, 0.4) is 0 Å². The Balaban J connectivity index is 1.69. The molecule has 3 aromatic rings. The summed E-state index contributed by atoms with van der Waals surface area (Å²) in [6.45, 7) is 6.36. The van der Waals surface area contributed by atoms with Crippen LogP contribution >= 0.6 is 22.9 Å². The second kappa shape index (κ2) is 11.4. The van der Waals surface area contributed by atoms with Crippen molar-refractivity contribution in [1.29, 1.82) is 0 Å². The lowest BCUT2D eigenvalue weighted by Gasteiger charge is -2.29. The van der Waals surface area contributed by atoms with E-state index in [4.69, 9.17) is 21.1 Å². The van der Waals surface area contributed by atoms with Gasteiger partial charge in [0, 0.05) is 23.4 Å². The van der Waals surface area contributed by atoms with E-state index in [-0.39, 0.29) is 22.1 Å². The van der Waals surface area contributed by atoms with E-state index in [2.05, 4.69) is 10.3 Å². The first kappa shape index (κ1) is 30.5. The first-order valence-corrected chi connectivity index (χ1v) is 13.5. The monoisotopic (exact) mass is 617 g/mol. The smallest absolute Gasteiger partial charge is 0.425 e. The zero-order chi connectivity index (χ0) is 30.3. The van der Waals surface area contributed by atoms with E-state index in [1.165, 1.54) is 17.0 Å². The molecule has 4 rings (SSSR count). The van der Waals surface area contributed by atoms with E-state index >= 15 is 4.39 Å². The summed E-state index contributed by atoms with van der Waals surface area (Å²) in [4.78, 5) is 32.1. The minimum Gasteiger partial charge on any atom is -0.480 e. The van der Waals surface area contributed by atoms with Crippen molar-refractivity contribution in [1.82, 2.24) is 9.88 Å². The van der Waals surface area contributed by atoms with E-state index in [0.717, 1.165) is 35.3 Å². The van der Waals surface area contributed by atoms with Gasteiger partial charge in [-0.1, -0.05) is 17.7 Å². The molecule has 220 valence electrons. The Kier molecular flexibility index (Phi) is 8.51. The fraction of sp³-hybridized carbons (Fsp3) is 0.370. The number of hydrogen-bond acceptors (Lipinski definition) is 6. The van der Waals surface area contributed by atoms with Gasteiger partial charge in [0.05, 0.1) is 28.5 Å². The van der Waals surface area contributed by atoms with E-state index in [0.29, 0.717) is 24.7 Å². The molecule has 1 aliphatic rings. The molecule has 0 aliphatic carbocycles. The molecule has 1 aliphatic heterocycles. The highest BCUT2D eigenvalue weighted by Gasteiger charge is 2.39. The van der Waals surface area contributed by atoms with Crippen molar-refractivity contribution in [2.24, 2.45) is 0 Å². The van der Waals surface area contributed by atoms with Gasteiger partial charge in [-0.3, -0.25) is 4.79 Å². The van der Waals surface area contributed by atoms with Crippen LogP contribution in [-0.2, 0) is 17.7 Å². The summed E-state index contributed by atoms with van der Waals surface area (Å²) < 4.78 is 80.2.